The monoisotopic (exact) mass is 380 g/mol. The summed E-state index contributed by atoms with van der Waals surface area (Å²) in [7, 11) is -2.49. The molecule has 1 heterocycles. The van der Waals surface area contributed by atoms with E-state index in [4.69, 9.17) is 16.3 Å². The van der Waals surface area contributed by atoms with Gasteiger partial charge in [-0.05, 0) is 30.9 Å². The SMILES string of the molecule is CN(CC(=O)NCC(=O)OCC1CC1)S(=O)(=O)c1ccc(Cl)s1. The Kier molecular flexibility index (Phi) is 6.01. The van der Waals surface area contributed by atoms with Gasteiger partial charge in [-0.1, -0.05) is 11.6 Å². The topological polar surface area (TPSA) is 92.8 Å². The van der Waals surface area contributed by atoms with E-state index in [0.717, 1.165) is 28.5 Å². The molecular weight excluding hydrogens is 364 g/mol. The largest absolute Gasteiger partial charge is 0.464 e. The highest BCUT2D eigenvalue weighted by Crippen LogP contribution is 2.29. The zero-order valence-electron chi connectivity index (χ0n) is 12.5. The van der Waals surface area contributed by atoms with Gasteiger partial charge in [-0.25, -0.2) is 8.42 Å². The number of hydrogen-bond donors (Lipinski definition) is 1. The van der Waals surface area contributed by atoms with Crippen molar-refractivity contribution in [1.29, 1.82) is 0 Å². The Balaban J connectivity index is 1.78. The normalized spacial score (nSPS) is 14.7. The number of sulfonamides is 1. The first-order valence-corrected chi connectivity index (χ1v) is 9.56. The first-order valence-electron chi connectivity index (χ1n) is 6.93. The van der Waals surface area contributed by atoms with Gasteiger partial charge in [0.15, 0.2) is 0 Å². The van der Waals surface area contributed by atoms with E-state index in [1.165, 1.54) is 19.2 Å². The van der Waals surface area contributed by atoms with Gasteiger partial charge in [0.2, 0.25) is 5.91 Å². The molecule has 0 saturated heterocycles. The van der Waals surface area contributed by atoms with E-state index in [2.05, 4.69) is 5.32 Å². The summed E-state index contributed by atoms with van der Waals surface area (Å²) in [5, 5.41) is 2.34. The van der Waals surface area contributed by atoms with Crippen molar-refractivity contribution in [3.8, 4) is 0 Å². The predicted octanol–water partition coefficient (Wildman–Crippen LogP) is 1.09. The van der Waals surface area contributed by atoms with E-state index in [1.807, 2.05) is 0 Å². The summed E-state index contributed by atoms with van der Waals surface area (Å²) in [5.41, 5.74) is 0. The van der Waals surface area contributed by atoms with E-state index in [1.54, 1.807) is 0 Å². The minimum Gasteiger partial charge on any atom is -0.464 e. The molecule has 0 unspecified atom stereocenters. The van der Waals surface area contributed by atoms with Crippen molar-refractivity contribution in [3.05, 3.63) is 16.5 Å². The lowest BCUT2D eigenvalue weighted by Crippen LogP contribution is -2.40. The molecule has 1 amide bonds. The van der Waals surface area contributed by atoms with Crippen LogP contribution in [0, 0.1) is 5.92 Å². The molecule has 1 fully saturated rings. The second-order valence-corrected chi connectivity index (χ2v) is 9.21. The van der Waals surface area contributed by atoms with E-state index < -0.39 is 28.4 Å². The molecule has 23 heavy (non-hydrogen) atoms. The van der Waals surface area contributed by atoms with Gasteiger partial charge in [0.25, 0.3) is 10.0 Å². The second kappa shape index (κ2) is 7.61. The molecule has 128 valence electrons. The van der Waals surface area contributed by atoms with Crippen molar-refractivity contribution in [2.75, 3.05) is 26.7 Å². The van der Waals surface area contributed by atoms with Gasteiger partial charge in [-0.15, -0.1) is 11.3 Å². The molecule has 0 bridgehead atoms. The first kappa shape index (κ1) is 18.2. The fourth-order valence-corrected chi connectivity index (χ4v) is 4.47. The van der Waals surface area contributed by atoms with Crippen molar-refractivity contribution in [3.63, 3.8) is 0 Å². The molecule has 1 aliphatic carbocycles. The average Bonchev–Trinajstić information content (AvgIpc) is 3.22. The summed E-state index contributed by atoms with van der Waals surface area (Å²) in [4.78, 5) is 23.1. The van der Waals surface area contributed by atoms with Crippen LogP contribution in [0.15, 0.2) is 16.3 Å². The van der Waals surface area contributed by atoms with Gasteiger partial charge in [0, 0.05) is 7.05 Å². The molecule has 1 aliphatic rings. The molecule has 0 radical (unpaired) electrons. The van der Waals surface area contributed by atoms with Crippen LogP contribution in [0.4, 0.5) is 0 Å². The van der Waals surface area contributed by atoms with Gasteiger partial charge in [-0.2, -0.15) is 4.31 Å². The third-order valence-corrected chi connectivity index (χ3v) is 6.69. The highest BCUT2D eigenvalue weighted by Gasteiger charge is 2.25. The van der Waals surface area contributed by atoms with Crippen LogP contribution < -0.4 is 5.32 Å². The van der Waals surface area contributed by atoms with Gasteiger partial charge >= 0.3 is 5.97 Å². The second-order valence-electron chi connectivity index (χ2n) is 5.22. The molecule has 10 heteroatoms. The lowest BCUT2D eigenvalue weighted by atomic mass is 10.5. The van der Waals surface area contributed by atoms with Crippen LogP contribution >= 0.6 is 22.9 Å². The third-order valence-electron chi connectivity index (χ3n) is 3.19. The summed E-state index contributed by atoms with van der Waals surface area (Å²) in [6.07, 6.45) is 2.13. The maximum absolute atomic E-state index is 12.2. The average molecular weight is 381 g/mol. The van der Waals surface area contributed by atoms with Gasteiger partial charge in [0.05, 0.1) is 17.5 Å². The molecule has 1 aromatic rings. The maximum Gasteiger partial charge on any atom is 0.325 e. The van der Waals surface area contributed by atoms with Crippen LogP contribution in [0.3, 0.4) is 0 Å². The third kappa shape index (κ3) is 5.45. The van der Waals surface area contributed by atoms with Gasteiger partial charge < -0.3 is 10.1 Å². The molecule has 1 aromatic heterocycles. The number of carbonyl (C=O) groups excluding carboxylic acids is 2. The number of esters is 1. The molecule has 0 spiro atoms. The number of likely N-dealkylation sites (N-methyl/N-ethyl adjacent to an activating group) is 1. The number of thiophene rings is 1. The summed E-state index contributed by atoms with van der Waals surface area (Å²) >= 11 is 6.64. The van der Waals surface area contributed by atoms with Crippen molar-refractivity contribution in [1.82, 2.24) is 9.62 Å². The Labute approximate surface area is 143 Å². The smallest absolute Gasteiger partial charge is 0.325 e. The summed E-state index contributed by atoms with van der Waals surface area (Å²) in [6.45, 7) is -0.292. The van der Waals surface area contributed by atoms with Crippen molar-refractivity contribution in [2.24, 2.45) is 5.92 Å². The number of rotatable bonds is 8. The van der Waals surface area contributed by atoms with E-state index in [0.29, 0.717) is 16.9 Å². The number of nitrogens with zero attached hydrogens (tertiary/aromatic N) is 1. The van der Waals surface area contributed by atoms with Crippen LogP contribution in [-0.2, 0) is 24.3 Å². The molecule has 1 saturated carbocycles. The summed E-state index contributed by atoms with van der Waals surface area (Å²) in [5.74, 6) is -0.661. The van der Waals surface area contributed by atoms with Crippen LogP contribution in [0.25, 0.3) is 0 Å². The number of halogens is 1. The molecule has 1 N–H and O–H groups in total. The molecule has 7 nitrogen and oxygen atoms in total. The number of hydrogen-bond acceptors (Lipinski definition) is 6. The lowest BCUT2D eigenvalue weighted by Gasteiger charge is -2.15. The fourth-order valence-electron chi connectivity index (χ4n) is 1.65. The Morgan fingerprint density at radius 1 is 1.43 bits per heavy atom. The number of ether oxygens (including phenoxy) is 1. The standard InChI is InChI=1S/C13H17ClN2O5S2/c1-16(23(19,20)13-5-4-10(14)22-13)7-11(17)15-6-12(18)21-8-9-2-3-9/h4-5,9H,2-3,6-8H2,1H3,(H,15,17). The van der Waals surface area contributed by atoms with E-state index >= 15 is 0 Å². The number of carbonyl (C=O) groups is 2. The van der Waals surface area contributed by atoms with Crippen molar-refractivity contribution >= 4 is 44.8 Å². The molecule has 0 aliphatic heterocycles. The molecule has 0 atom stereocenters. The maximum atomic E-state index is 12.2. The Hall–Kier alpha value is -1.16. The van der Waals surface area contributed by atoms with Crippen LogP contribution in [-0.4, -0.2) is 51.3 Å². The minimum atomic E-state index is -3.77. The van der Waals surface area contributed by atoms with Crippen LogP contribution in [0.5, 0.6) is 0 Å². The van der Waals surface area contributed by atoms with Crippen LogP contribution in [0.1, 0.15) is 12.8 Å². The number of amides is 1. The van der Waals surface area contributed by atoms with Crippen molar-refractivity contribution < 1.29 is 22.7 Å². The van der Waals surface area contributed by atoms with Crippen molar-refractivity contribution in [2.45, 2.75) is 17.1 Å². The highest BCUT2D eigenvalue weighted by molar-refractivity contribution is 7.91. The number of nitrogens with one attached hydrogen (secondary N) is 1. The Morgan fingerprint density at radius 2 is 2.13 bits per heavy atom. The lowest BCUT2D eigenvalue weighted by molar-refractivity contribution is -0.144. The quantitative estimate of drug-likeness (QED) is 0.681. The zero-order valence-corrected chi connectivity index (χ0v) is 14.8. The molecule has 2 rings (SSSR count). The molecular formula is C13H17ClN2O5S2. The molecule has 0 aromatic carbocycles. The first-order chi connectivity index (χ1) is 10.8. The summed E-state index contributed by atoms with van der Waals surface area (Å²) in [6, 6.07) is 2.86. The van der Waals surface area contributed by atoms with E-state index in [9.17, 15) is 18.0 Å². The predicted molar refractivity (Wildman–Crippen MR) is 85.8 cm³/mol. The van der Waals surface area contributed by atoms with Gasteiger partial charge in [-0.3, -0.25) is 9.59 Å². The Bertz CT molecular complexity index is 684. The Morgan fingerprint density at radius 3 is 2.70 bits per heavy atom. The fraction of sp³-hybridized carbons (Fsp3) is 0.538. The minimum absolute atomic E-state index is 0.0571. The van der Waals surface area contributed by atoms with E-state index in [-0.39, 0.29) is 10.8 Å². The highest BCUT2D eigenvalue weighted by atomic mass is 35.5. The zero-order chi connectivity index (χ0) is 17.0. The summed E-state index contributed by atoms with van der Waals surface area (Å²) < 4.78 is 30.7. The van der Waals surface area contributed by atoms with Gasteiger partial charge in [0.1, 0.15) is 10.8 Å². The van der Waals surface area contributed by atoms with Crippen LogP contribution in [0.2, 0.25) is 4.34 Å².